The van der Waals surface area contributed by atoms with Gasteiger partial charge in [-0.1, -0.05) is 6.07 Å². The molecule has 0 saturated carbocycles. The zero-order chi connectivity index (χ0) is 18.0. The van der Waals surface area contributed by atoms with Gasteiger partial charge in [-0.15, -0.1) is 0 Å². The number of fused-ring (bicyclic) bond motifs is 1. The third-order valence-corrected chi connectivity index (χ3v) is 3.96. The van der Waals surface area contributed by atoms with Crippen molar-refractivity contribution in [2.75, 3.05) is 7.11 Å². The summed E-state index contributed by atoms with van der Waals surface area (Å²) in [7, 11) is 2.91. The smallest absolute Gasteiger partial charge is 0.337 e. The largest absolute Gasteiger partial charge is 0.469 e. The van der Waals surface area contributed by atoms with Crippen LogP contribution >= 0.6 is 0 Å². The average molecular weight is 340 g/mol. The normalized spacial score (nSPS) is 10.8. The molecule has 25 heavy (non-hydrogen) atoms. The molecular weight excluding hydrogens is 324 g/mol. The molecule has 0 aromatic carbocycles. The van der Waals surface area contributed by atoms with Crippen molar-refractivity contribution in [3.05, 3.63) is 63.2 Å². The van der Waals surface area contributed by atoms with E-state index < -0.39 is 11.2 Å². The van der Waals surface area contributed by atoms with E-state index in [-0.39, 0.29) is 18.2 Å². The Morgan fingerprint density at radius 1 is 1.20 bits per heavy atom. The minimum atomic E-state index is -0.500. The van der Waals surface area contributed by atoms with Crippen molar-refractivity contribution in [3.63, 3.8) is 0 Å². The standard InChI is InChI=1S/C17H16N4O4/c1-20-13-10-18-8-7-12(13)16(23)21(17(20)24)14-5-3-11(9-19-14)4-6-15(22)25-2/h3,5,7-10H,4,6H2,1-2H3. The highest BCUT2D eigenvalue weighted by molar-refractivity contribution is 5.76. The van der Waals surface area contributed by atoms with Gasteiger partial charge in [0, 0.05) is 25.9 Å². The summed E-state index contributed by atoms with van der Waals surface area (Å²) < 4.78 is 6.97. The number of aryl methyl sites for hydroxylation is 2. The number of nitrogens with zero attached hydrogens (tertiary/aromatic N) is 4. The SMILES string of the molecule is COC(=O)CCc1ccc(-n2c(=O)c3ccncc3n(C)c2=O)nc1. The molecule has 3 aromatic heterocycles. The minimum Gasteiger partial charge on any atom is -0.469 e. The predicted molar refractivity (Wildman–Crippen MR) is 90.7 cm³/mol. The summed E-state index contributed by atoms with van der Waals surface area (Å²) in [6.07, 6.45) is 5.23. The van der Waals surface area contributed by atoms with Gasteiger partial charge in [0.2, 0.25) is 0 Å². The monoisotopic (exact) mass is 340 g/mol. The number of hydrogen-bond donors (Lipinski definition) is 0. The molecule has 0 atom stereocenters. The molecule has 3 heterocycles. The fourth-order valence-electron chi connectivity index (χ4n) is 2.54. The number of hydrogen-bond acceptors (Lipinski definition) is 6. The first-order valence-corrected chi connectivity index (χ1v) is 7.61. The van der Waals surface area contributed by atoms with Crippen molar-refractivity contribution in [3.8, 4) is 5.82 Å². The number of carbonyl (C=O) groups excluding carboxylic acids is 1. The molecule has 0 spiro atoms. The molecule has 0 aliphatic carbocycles. The Bertz CT molecular complexity index is 1050. The number of ether oxygens (including phenoxy) is 1. The van der Waals surface area contributed by atoms with Crippen LogP contribution in [0, 0.1) is 0 Å². The van der Waals surface area contributed by atoms with Crippen LogP contribution in [0.4, 0.5) is 0 Å². The van der Waals surface area contributed by atoms with E-state index >= 15 is 0 Å². The van der Waals surface area contributed by atoms with Gasteiger partial charge in [0.25, 0.3) is 5.56 Å². The highest BCUT2D eigenvalue weighted by atomic mass is 16.5. The summed E-state index contributed by atoms with van der Waals surface area (Å²) in [6.45, 7) is 0. The van der Waals surface area contributed by atoms with Gasteiger partial charge in [-0.05, 0) is 24.1 Å². The lowest BCUT2D eigenvalue weighted by Crippen LogP contribution is -2.38. The molecule has 8 heteroatoms. The first kappa shape index (κ1) is 16.6. The Morgan fingerprint density at radius 3 is 2.68 bits per heavy atom. The Morgan fingerprint density at radius 2 is 2.00 bits per heavy atom. The Kier molecular flexibility index (Phi) is 4.42. The maximum atomic E-state index is 12.7. The second-order valence-corrected chi connectivity index (χ2v) is 5.48. The van der Waals surface area contributed by atoms with E-state index in [9.17, 15) is 14.4 Å². The first-order valence-electron chi connectivity index (χ1n) is 7.61. The maximum Gasteiger partial charge on any atom is 0.337 e. The van der Waals surface area contributed by atoms with Crippen LogP contribution in [0.25, 0.3) is 16.7 Å². The molecule has 8 nitrogen and oxygen atoms in total. The van der Waals surface area contributed by atoms with Gasteiger partial charge in [-0.2, -0.15) is 0 Å². The predicted octanol–water partition coefficient (Wildman–Crippen LogP) is 0.585. The van der Waals surface area contributed by atoms with Crippen molar-refractivity contribution in [1.82, 2.24) is 19.1 Å². The summed E-state index contributed by atoms with van der Waals surface area (Å²) in [5.74, 6) is -0.0802. The lowest BCUT2D eigenvalue weighted by atomic mass is 10.1. The van der Waals surface area contributed by atoms with E-state index in [0.29, 0.717) is 17.3 Å². The molecule has 128 valence electrons. The molecule has 0 N–H and O–H groups in total. The zero-order valence-electron chi connectivity index (χ0n) is 13.8. The van der Waals surface area contributed by atoms with Gasteiger partial charge in [-0.25, -0.2) is 14.3 Å². The molecule has 3 rings (SSSR count). The molecular formula is C17H16N4O4. The molecule has 0 radical (unpaired) electrons. The van der Waals surface area contributed by atoms with Crippen LogP contribution in [-0.4, -0.2) is 32.2 Å². The lowest BCUT2D eigenvalue weighted by Gasteiger charge is -2.10. The van der Waals surface area contributed by atoms with E-state index in [0.717, 1.165) is 10.1 Å². The van der Waals surface area contributed by atoms with E-state index in [2.05, 4.69) is 14.7 Å². The van der Waals surface area contributed by atoms with Crippen LogP contribution in [0.5, 0.6) is 0 Å². The fourth-order valence-corrected chi connectivity index (χ4v) is 2.54. The van der Waals surface area contributed by atoms with E-state index in [1.807, 2.05) is 0 Å². The van der Waals surface area contributed by atoms with Crippen LogP contribution < -0.4 is 11.2 Å². The van der Waals surface area contributed by atoms with Gasteiger partial charge < -0.3 is 4.74 Å². The zero-order valence-corrected chi connectivity index (χ0v) is 13.8. The Hall–Kier alpha value is -3.29. The van der Waals surface area contributed by atoms with Crippen molar-refractivity contribution >= 4 is 16.9 Å². The van der Waals surface area contributed by atoms with Gasteiger partial charge in [0.1, 0.15) is 5.82 Å². The quantitative estimate of drug-likeness (QED) is 0.645. The van der Waals surface area contributed by atoms with Crippen LogP contribution in [0.2, 0.25) is 0 Å². The number of pyridine rings is 2. The molecule has 0 unspecified atom stereocenters. The molecule has 0 aliphatic heterocycles. The molecule has 0 saturated heterocycles. The Balaban J connectivity index is 2.04. The van der Waals surface area contributed by atoms with Crippen LogP contribution in [-0.2, 0) is 23.0 Å². The van der Waals surface area contributed by atoms with Crippen molar-refractivity contribution in [1.29, 1.82) is 0 Å². The highest BCUT2D eigenvalue weighted by Crippen LogP contribution is 2.08. The summed E-state index contributed by atoms with van der Waals surface area (Å²) in [4.78, 5) is 44.5. The topological polar surface area (TPSA) is 96.1 Å². The second-order valence-electron chi connectivity index (χ2n) is 5.48. The summed E-state index contributed by atoms with van der Waals surface area (Å²) >= 11 is 0. The number of aromatic nitrogens is 4. The number of esters is 1. The summed E-state index contributed by atoms with van der Waals surface area (Å²) in [5.41, 5.74) is 0.322. The van der Waals surface area contributed by atoms with Gasteiger partial charge in [0.05, 0.1) is 24.2 Å². The minimum absolute atomic E-state index is 0.228. The number of carbonyl (C=O) groups is 1. The Labute approximate surface area is 142 Å². The van der Waals surface area contributed by atoms with Crippen LogP contribution in [0.3, 0.4) is 0 Å². The first-order chi connectivity index (χ1) is 12.0. The average Bonchev–Trinajstić information content (AvgIpc) is 2.65. The molecule has 0 bridgehead atoms. The van der Waals surface area contributed by atoms with Crippen molar-refractivity contribution in [2.45, 2.75) is 12.8 Å². The highest BCUT2D eigenvalue weighted by Gasteiger charge is 2.13. The second kappa shape index (κ2) is 6.68. The summed E-state index contributed by atoms with van der Waals surface area (Å²) in [6, 6.07) is 4.88. The fraction of sp³-hybridized carbons (Fsp3) is 0.235. The van der Waals surface area contributed by atoms with E-state index in [1.54, 1.807) is 31.4 Å². The number of methoxy groups -OCH3 is 1. The van der Waals surface area contributed by atoms with E-state index in [4.69, 9.17) is 0 Å². The van der Waals surface area contributed by atoms with Crippen LogP contribution in [0.1, 0.15) is 12.0 Å². The molecule has 0 aliphatic rings. The lowest BCUT2D eigenvalue weighted by molar-refractivity contribution is -0.140. The summed E-state index contributed by atoms with van der Waals surface area (Å²) in [5, 5.41) is 0.383. The number of rotatable bonds is 4. The van der Waals surface area contributed by atoms with E-state index in [1.165, 1.54) is 24.1 Å². The molecule has 3 aromatic rings. The molecule has 0 fully saturated rings. The van der Waals surface area contributed by atoms with Crippen molar-refractivity contribution < 1.29 is 9.53 Å². The molecule has 0 amide bonds. The maximum absolute atomic E-state index is 12.7. The van der Waals surface area contributed by atoms with Gasteiger partial charge >= 0.3 is 11.7 Å². The third-order valence-electron chi connectivity index (χ3n) is 3.96. The van der Waals surface area contributed by atoms with Crippen LogP contribution in [0.15, 0.2) is 46.4 Å². The van der Waals surface area contributed by atoms with Gasteiger partial charge in [0.15, 0.2) is 0 Å². The van der Waals surface area contributed by atoms with Gasteiger partial charge in [-0.3, -0.25) is 19.1 Å². The van der Waals surface area contributed by atoms with Crippen molar-refractivity contribution in [2.24, 2.45) is 7.05 Å². The third kappa shape index (κ3) is 3.06.